The van der Waals surface area contributed by atoms with Gasteiger partial charge in [0.25, 0.3) is 11.2 Å². The lowest BCUT2D eigenvalue weighted by Crippen LogP contribution is -2.45. The van der Waals surface area contributed by atoms with Crippen molar-refractivity contribution in [1.29, 1.82) is 0 Å². The van der Waals surface area contributed by atoms with Crippen LogP contribution in [0, 0.1) is 6.57 Å². The summed E-state index contributed by atoms with van der Waals surface area (Å²) in [6, 6.07) is 28.1. The largest absolute Gasteiger partial charge is 0.503 e. The van der Waals surface area contributed by atoms with Crippen LogP contribution in [-0.2, 0) is 11.3 Å². The second kappa shape index (κ2) is 13.7. The van der Waals surface area contributed by atoms with E-state index in [-0.39, 0.29) is 16.1 Å². The van der Waals surface area contributed by atoms with Gasteiger partial charge in [0, 0.05) is 36.4 Å². The maximum Gasteiger partial charge on any atom is 0.323 e. The summed E-state index contributed by atoms with van der Waals surface area (Å²) in [6.45, 7) is 10.8. The normalized spacial score (nSPS) is 14.2. The highest BCUT2D eigenvalue weighted by molar-refractivity contribution is 5.77. The van der Waals surface area contributed by atoms with Gasteiger partial charge in [-0.1, -0.05) is 66.8 Å². The predicted molar refractivity (Wildman–Crippen MR) is 185 cm³/mol. The number of allylic oxidation sites excluding steroid dienone is 4. The van der Waals surface area contributed by atoms with Crippen LogP contribution in [0.2, 0.25) is 0 Å². The summed E-state index contributed by atoms with van der Waals surface area (Å²) in [4.78, 5) is 32.7. The topological polar surface area (TPSA) is 90.4 Å². The number of hydrogen-bond donors (Lipinski definition) is 2. The first-order valence-corrected chi connectivity index (χ1v) is 14.7. The number of para-hydroxylation sites is 2. The third kappa shape index (κ3) is 6.54. The number of aliphatic carboxylic acids is 1. The number of rotatable bonds is 9. The van der Waals surface area contributed by atoms with E-state index in [0.717, 1.165) is 39.5 Å². The van der Waals surface area contributed by atoms with E-state index in [4.69, 9.17) is 6.57 Å². The molecular weight excluding hydrogens is 576 g/mol. The number of nitrogens with zero attached hydrogens (tertiary/aromatic N) is 4. The van der Waals surface area contributed by atoms with E-state index >= 15 is 0 Å². The fraction of sp³-hybridized carbons (Fsp3) is 0.132. The first-order chi connectivity index (χ1) is 22.2. The Morgan fingerprint density at radius 3 is 2.11 bits per heavy atom. The molecule has 0 aliphatic heterocycles. The van der Waals surface area contributed by atoms with Crippen LogP contribution in [0.4, 0.5) is 22.7 Å². The van der Waals surface area contributed by atoms with Crippen molar-refractivity contribution in [2.24, 2.45) is 0 Å². The number of carboxylic acids is 1. The number of carboxylic acid groups (broad SMARTS) is 1. The smallest absolute Gasteiger partial charge is 0.323 e. The van der Waals surface area contributed by atoms with Gasteiger partial charge in [0.2, 0.25) is 0 Å². The molecule has 1 aliphatic rings. The fourth-order valence-electron chi connectivity index (χ4n) is 5.51. The lowest BCUT2D eigenvalue weighted by molar-refractivity contribution is -0.137. The molecule has 0 saturated carbocycles. The second-order valence-corrected chi connectivity index (χ2v) is 11.0. The molecule has 0 spiro atoms. The van der Waals surface area contributed by atoms with Gasteiger partial charge in [-0.05, 0) is 77.2 Å². The Bertz CT molecular complexity index is 2030. The second-order valence-electron chi connectivity index (χ2n) is 11.0. The van der Waals surface area contributed by atoms with Crippen LogP contribution in [0.15, 0.2) is 119 Å². The SMILES string of the molecule is [C-]#[N+]c1c(O)n(CC(=O)O)c(=O)c(=CC2=C(N(c3ccccc3)c3ccccc3)C(=CC=Cc3ccc(N(C)C)cc3)CC2)c1=C. The van der Waals surface area contributed by atoms with Crippen molar-refractivity contribution in [2.75, 3.05) is 23.9 Å². The summed E-state index contributed by atoms with van der Waals surface area (Å²) < 4.78 is 0.707. The van der Waals surface area contributed by atoms with E-state index in [1.807, 2.05) is 91.8 Å². The molecule has 0 unspecified atom stereocenters. The molecule has 1 aliphatic carbocycles. The summed E-state index contributed by atoms with van der Waals surface area (Å²) >= 11 is 0. The molecule has 4 aromatic rings. The highest BCUT2D eigenvalue weighted by Crippen LogP contribution is 2.41. The van der Waals surface area contributed by atoms with Gasteiger partial charge in [0.15, 0.2) is 5.88 Å². The maximum absolute atomic E-state index is 13.6. The summed E-state index contributed by atoms with van der Waals surface area (Å²) in [5, 5.41) is 20.1. The summed E-state index contributed by atoms with van der Waals surface area (Å²) in [5.41, 5.74) is 5.72. The molecule has 0 fully saturated rings. The zero-order valence-corrected chi connectivity index (χ0v) is 25.7. The predicted octanol–water partition coefficient (Wildman–Crippen LogP) is 5.97. The van der Waals surface area contributed by atoms with E-state index in [2.05, 4.69) is 46.7 Å². The Morgan fingerprint density at radius 2 is 1.57 bits per heavy atom. The fourth-order valence-corrected chi connectivity index (χ4v) is 5.51. The number of hydrogen-bond acceptors (Lipinski definition) is 5. The Labute approximate surface area is 267 Å². The molecule has 46 heavy (non-hydrogen) atoms. The monoisotopic (exact) mass is 610 g/mol. The van der Waals surface area contributed by atoms with E-state index in [9.17, 15) is 19.8 Å². The van der Waals surface area contributed by atoms with Crippen LogP contribution >= 0.6 is 0 Å². The van der Waals surface area contributed by atoms with Crippen molar-refractivity contribution in [1.82, 2.24) is 4.57 Å². The first-order valence-electron chi connectivity index (χ1n) is 14.7. The van der Waals surface area contributed by atoms with Crippen LogP contribution in [0.3, 0.4) is 0 Å². The Kier molecular flexibility index (Phi) is 9.34. The van der Waals surface area contributed by atoms with Crippen molar-refractivity contribution < 1.29 is 15.0 Å². The third-order valence-corrected chi connectivity index (χ3v) is 7.80. The molecule has 0 saturated heterocycles. The Hall–Kier alpha value is -6.07. The lowest BCUT2D eigenvalue weighted by atomic mass is 10.1. The summed E-state index contributed by atoms with van der Waals surface area (Å²) in [6.07, 6.45) is 9.07. The number of aromatic hydroxyl groups is 1. The molecule has 1 heterocycles. The molecule has 1 aromatic heterocycles. The molecule has 8 heteroatoms. The van der Waals surface area contributed by atoms with E-state index in [1.165, 1.54) is 0 Å². The third-order valence-electron chi connectivity index (χ3n) is 7.80. The number of pyridine rings is 1. The van der Waals surface area contributed by atoms with Gasteiger partial charge < -0.3 is 20.0 Å². The minimum atomic E-state index is -1.32. The van der Waals surface area contributed by atoms with E-state index in [1.54, 1.807) is 6.08 Å². The number of carbonyl (C=O) groups is 1. The van der Waals surface area contributed by atoms with Gasteiger partial charge in [-0.15, -0.1) is 6.58 Å². The van der Waals surface area contributed by atoms with Crippen molar-refractivity contribution in [3.63, 3.8) is 0 Å². The minimum Gasteiger partial charge on any atom is -0.503 e. The molecule has 0 bridgehead atoms. The van der Waals surface area contributed by atoms with Crippen LogP contribution in [0.5, 0.6) is 5.88 Å². The van der Waals surface area contributed by atoms with Gasteiger partial charge in [-0.3, -0.25) is 14.2 Å². The molecular formula is C38H34N4O4. The zero-order valence-electron chi connectivity index (χ0n) is 25.7. The average Bonchev–Trinajstić information content (AvgIpc) is 3.44. The maximum atomic E-state index is 13.6. The molecule has 0 amide bonds. The average molecular weight is 611 g/mol. The van der Waals surface area contributed by atoms with Crippen molar-refractivity contribution in [3.05, 3.63) is 152 Å². The summed E-state index contributed by atoms with van der Waals surface area (Å²) in [5.74, 6) is -2.02. The van der Waals surface area contributed by atoms with Crippen LogP contribution in [0.25, 0.3) is 23.6 Å². The molecule has 8 nitrogen and oxygen atoms in total. The number of aromatic nitrogens is 1. The molecule has 0 atom stereocenters. The van der Waals surface area contributed by atoms with Crippen LogP contribution < -0.4 is 25.8 Å². The standard InChI is InChI=1S/C38H34N4O4/c1-26-33(37(45)41(25-34(43)44)38(46)35(26)39-2)24-29-21-20-28(13-11-12-27-18-22-30(23-19-27)40(3)4)36(29)42(31-14-7-5-8-15-31)32-16-9-6-10-17-32/h5-19,22-24,46H,1,20-21,25H2,3-4H3,(H,43,44). The van der Waals surface area contributed by atoms with Gasteiger partial charge >= 0.3 is 5.97 Å². The Balaban J connectivity index is 1.75. The zero-order chi connectivity index (χ0) is 32.8. The first kappa shape index (κ1) is 31.4. The van der Waals surface area contributed by atoms with Gasteiger partial charge in [-0.25, -0.2) is 4.85 Å². The molecule has 230 valence electrons. The number of anilines is 3. The van der Waals surface area contributed by atoms with Gasteiger partial charge in [-0.2, -0.15) is 0 Å². The van der Waals surface area contributed by atoms with E-state index in [0.29, 0.717) is 17.4 Å². The van der Waals surface area contributed by atoms with Gasteiger partial charge in [0.1, 0.15) is 6.54 Å². The highest BCUT2D eigenvalue weighted by atomic mass is 16.4. The Morgan fingerprint density at radius 1 is 0.957 bits per heavy atom. The van der Waals surface area contributed by atoms with Crippen molar-refractivity contribution in [2.45, 2.75) is 19.4 Å². The molecule has 5 rings (SSSR count). The lowest BCUT2D eigenvalue weighted by Gasteiger charge is -2.28. The minimum absolute atomic E-state index is 0.0513. The summed E-state index contributed by atoms with van der Waals surface area (Å²) in [7, 11) is 4.01. The molecule has 0 radical (unpaired) electrons. The quantitative estimate of drug-likeness (QED) is 0.227. The number of benzene rings is 3. The van der Waals surface area contributed by atoms with Crippen molar-refractivity contribution in [3.8, 4) is 5.88 Å². The molecule has 2 N–H and O–H groups in total. The van der Waals surface area contributed by atoms with Crippen molar-refractivity contribution >= 4 is 47.4 Å². The van der Waals surface area contributed by atoms with Crippen LogP contribution in [-0.4, -0.2) is 34.8 Å². The van der Waals surface area contributed by atoms with Gasteiger partial charge in [0.05, 0.1) is 12.3 Å². The highest BCUT2D eigenvalue weighted by Gasteiger charge is 2.26. The van der Waals surface area contributed by atoms with E-state index < -0.39 is 24.0 Å². The molecule has 3 aromatic carbocycles. The van der Waals surface area contributed by atoms with Crippen LogP contribution in [0.1, 0.15) is 18.4 Å².